The summed E-state index contributed by atoms with van der Waals surface area (Å²) in [4.78, 5) is 0. The van der Waals surface area contributed by atoms with Crippen LogP contribution in [0.5, 0.6) is 0 Å². The van der Waals surface area contributed by atoms with Crippen molar-refractivity contribution in [1.29, 1.82) is 0 Å². The molecule has 6 aromatic carbocycles. The van der Waals surface area contributed by atoms with Crippen molar-refractivity contribution in [3.05, 3.63) is 120 Å². The number of halogens is 2. The summed E-state index contributed by atoms with van der Waals surface area (Å²) in [7, 11) is -2.23. The Morgan fingerprint density at radius 1 is 0.479 bits per heavy atom. The molecule has 0 unspecified atom stereocenters. The van der Waals surface area contributed by atoms with E-state index in [4.69, 9.17) is 0 Å². The van der Waals surface area contributed by atoms with E-state index in [1.807, 2.05) is 0 Å². The summed E-state index contributed by atoms with van der Waals surface area (Å²) in [6.07, 6.45) is 12.7. The third-order valence-electron chi connectivity index (χ3n) is 10.0. The molecular formula is C44H50Cl2SiZr. The Bertz CT molecular complexity index is 1710. The predicted molar refractivity (Wildman–Crippen MR) is 202 cm³/mol. The molecule has 0 spiro atoms. The van der Waals surface area contributed by atoms with Gasteiger partial charge in [0.2, 0.25) is 0 Å². The summed E-state index contributed by atoms with van der Waals surface area (Å²) < 4.78 is 0. The van der Waals surface area contributed by atoms with E-state index in [9.17, 15) is 0 Å². The zero-order valence-corrected chi connectivity index (χ0v) is 34.2. The molecule has 0 heterocycles. The fourth-order valence-electron chi connectivity index (χ4n) is 7.93. The number of hydrogen-bond acceptors (Lipinski definition) is 0. The molecule has 0 radical (unpaired) electrons. The van der Waals surface area contributed by atoms with Crippen LogP contribution < -0.4 is 35.2 Å². The zero-order chi connectivity index (χ0) is 31.2. The van der Waals surface area contributed by atoms with E-state index in [-0.39, 0.29) is 51.0 Å². The molecule has 6 rings (SSSR count). The Morgan fingerprint density at radius 2 is 0.875 bits per heavy atom. The van der Waals surface area contributed by atoms with Crippen molar-refractivity contribution in [3.63, 3.8) is 0 Å². The molecule has 0 saturated heterocycles. The molecular weight excluding hydrogens is 719 g/mol. The largest absolute Gasteiger partial charge is 4.00 e. The first-order valence-corrected chi connectivity index (χ1v) is 20.6. The van der Waals surface area contributed by atoms with Crippen molar-refractivity contribution in [1.82, 2.24) is 0 Å². The van der Waals surface area contributed by atoms with Crippen LogP contribution in [0.4, 0.5) is 0 Å². The fraction of sp³-hybridized carbons (Fsp3) is 0.318. The minimum atomic E-state index is -2.23. The number of unbranched alkanes of at least 4 members (excludes halogenated alkanes) is 6. The third-order valence-corrected chi connectivity index (χ3v) is 13.7. The van der Waals surface area contributed by atoms with Crippen LogP contribution in [0.2, 0.25) is 13.1 Å². The number of benzene rings is 4. The number of hydrogen-bond donors (Lipinski definition) is 0. The maximum absolute atomic E-state index is 2.67. The topological polar surface area (TPSA) is 0 Å². The number of rotatable bonds is 14. The molecule has 0 aliphatic carbocycles. The summed E-state index contributed by atoms with van der Waals surface area (Å²) in [6, 6.07) is 41.4. The van der Waals surface area contributed by atoms with Crippen LogP contribution in [-0.2, 0) is 39.0 Å². The molecule has 0 nitrogen and oxygen atoms in total. The summed E-state index contributed by atoms with van der Waals surface area (Å²) >= 11 is 0. The standard InChI is InChI=1S/C44H50Si.2ClH.Zr/c1-5-7-9-13-25-37-31-35-27-19-29-39(33-21-15-11-16-22-33)41(35)43(37)45(3,4)44-38(26-14-10-8-6-2)32-36-28-20-30-40(42(36)44)34-23-17-12-18-24-34;;;/h11-12,15-24,27-32H,5-10,13-14,25-26H2,1-4H3;2*1H;/q-2;;;+4/p-2. The smallest absolute Gasteiger partial charge is 1.00 e. The molecule has 0 bridgehead atoms. The SMILES string of the molecule is CCCCCCc1[cH-]c2cccc(-c3ccccc3)c2c1[Si](C)(C)c1c(CCCCCC)[cH-]c2cccc(-c3ccccc3)c12.[Cl-].[Cl-].[Zr+4]. The van der Waals surface area contributed by atoms with E-state index in [1.54, 1.807) is 21.5 Å². The van der Waals surface area contributed by atoms with Crippen LogP contribution >= 0.6 is 0 Å². The van der Waals surface area contributed by atoms with Gasteiger partial charge in [0.1, 0.15) is 0 Å². The minimum Gasteiger partial charge on any atom is -1.00 e. The van der Waals surface area contributed by atoms with Gasteiger partial charge >= 0.3 is 26.2 Å². The minimum absolute atomic E-state index is 0. The van der Waals surface area contributed by atoms with Gasteiger partial charge in [-0.25, -0.2) is 0 Å². The molecule has 0 atom stereocenters. The quantitative estimate of drug-likeness (QED) is 0.0744. The Hall–Kier alpha value is -2.22. The molecule has 6 aromatic rings. The van der Waals surface area contributed by atoms with Crippen molar-refractivity contribution in [3.8, 4) is 22.3 Å². The van der Waals surface area contributed by atoms with Crippen molar-refractivity contribution < 1.29 is 51.0 Å². The monoisotopic (exact) mass is 766 g/mol. The Kier molecular flexibility index (Phi) is 15.7. The second-order valence-electron chi connectivity index (χ2n) is 13.6. The fourth-order valence-corrected chi connectivity index (χ4v) is 12.0. The Labute approximate surface area is 322 Å². The molecule has 248 valence electrons. The van der Waals surface area contributed by atoms with E-state index in [0.29, 0.717) is 0 Å². The van der Waals surface area contributed by atoms with Crippen LogP contribution in [0.15, 0.2) is 109 Å². The summed E-state index contributed by atoms with van der Waals surface area (Å²) in [5, 5.41) is 9.21. The van der Waals surface area contributed by atoms with Crippen LogP contribution in [0.1, 0.15) is 76.3 Å². The first kappa shape index (κ1) is 40.2. The van der Waals surface area contributed by atoms with Gasteiger partial charge in [0.15, 0.2) is 0 Å². The van der Waals surface area contributed by atoms with Crippen LogP contribution in [0, 0.1) is 0 Å². The number of aryl methyl sites for hydroxylation is 2. The van der Waals surface area contributed by atoms with Gasteiger partial charge in [-0.05, 0) is 24.0 Å². The van der Waals surface area contributed by atoms with Gasteiger partial charge in [-0.1, -0.05) is 162 Å². The van der Waals surface area contributed by atoms with E-state index < -0.39 is 8.07 Å². The second kappa shape index (κ2) is 18.7. The van der Waals surface area contributed by atoms with Gasteiger partial charge in [-0.15, -0.1) is 69.1 Å². The average Bonchev–Trinajstić information content (AvgIpc) is 3.65. The molecule has 48 heavy (non-hydrogen) atoms. The Balaban J connectivity index is 0.00000208. The normalized spacial score (nSPS) is 11.2. The second-order valence-corrected chi connectivity index (χ2v) is 17.9. The first-order chi connectivity index (χ1) is 22.0. The van der Waals surface area contributed by atoms with E-state index in [0.717, 1.165) is 0 Å². The summed E-state index contributed by atoms with van der Waals surface area (Å²) in [6.45, 7) is 9.98. The third kappa shape index (κ3) is 8.38. The van der Waals surface area contributed by atoms with Crippen LogP contribution in [0.25, 0.3) is 43.8 Å². The van der Waals surface area contributed by atoms with Gasteiger partial charge in [-0.3, -0.25) is 0 Å². The van der Waals surface area contributed by atoms with Gasteiger partial charge in [0.05, 0.1) is 0 Å². The predicted octanol–water partition coefficient (Wildman–Crippen LogP) is 5.84. The molecule has 0 aliphatic rings. The Morgan fingerprint density at radius 3 is 1.25 bits per heavy atom. The summed E-state index contributed by atoms with van der Waals surface area (Å²) in [5.74, 6) is 0. The molecule has 0 saturated carbocycles. The first-order valence-electron chi connectivity index (χ1n) is 17.6. The zero-order valence-electron chi connectivity index (χ0n) is 29.2. The van der Waals surface area contributed by atoms with Crippen molar-refractivity contribution in [2.45, 2.75) is 91.1 Å². The van der Waals surface area contributed by atoms with Gasteiger partial charge in [0.25, 0.3) is 0 Å². The molecule has 0 aliphatic heterocycles. The average molecular weight is 769 g/mol. The number of fused-ring (bicyclic) bond motifs is 2. The van der Waals surface area contributed by atoms with E-state index in [2.05, 4.69) is 136 Å². The molecule has 0 aromatic heterocycles. The van der Waals surface area contributed by atoms with Crippen LogP contribution in [-0.4, -0.2) is 8.07 Å². The molecule has 0 fully saturated rings. The van der Waals surface area contributed by atoms with E-state index in [1.165, 1.54) is 108 Å². The van der Waals surface area contributed by atoms with Gasteiger partial charge in [-0.2, -0.15) is 10.4 Å². The van der Waals surface area contributed by atoms with Crippen molar-refractivity contribution in [2.75, 3.05) is 0 Å². The molecule has 0 N–H and O–H groups in total. The molecule has 0 amide bonds. The summed E-state index contributed by atoms with van der Waals surface area (Å²) in [5.41, 5.74) is 8.65. The van der Waals surface area contributed by atoms with Gasteiger partial charge in [0, 0.05) is 8.07 Å². The molecule has 4 heteroatoms. The maximum Gasteiger partial charge on any atom is 4.00 e. The maximum atomic E-state index is 2.67. The van der Waals surface area contributed by atoms with Crippen molar-refractivity contribution >= 4 is 40.0 Å². The van der Waals surface area contributed by atoms with E-state index >= 15 is 0 Å². The van der Waals surface area contributed by atoms with Crippen molar-refractivity contribution in [2.24, 2.45) is 0 Å². The van der Waals surface area contributed by atoms with Gasteiger partial charge < -0.3 is 24.8 Å². The van der Waals surface area contributed by atoms with Crippen LogP contribution in [0.3, 0.4) is 0 Å².